The molecule has 1 aliphatic carbocycles. The molecular weight excluding hydrogens is 320 g/mol. The molecule has 0 aliphatic heterocycles. The number of benzene rings is 1. The average Bonchev–Trinajstić information content (AvgIpc) is 3.41. The molecule has 0 spiro atoms. The normalized spacial score (nSPS) is 21.8. The minimum Gasteiger partial charge on any atom is -0.339 e. The van der Waals surface area contributed by atoms with Gasteiger partial charge in [-0.1, -0.05) is 18.2 Å². The average molecular weight is 342 g/mol. The summed E-state index contributed by atoms with van der Waals surface area (Å²) in [4.78, 5) is 19.5. The maximum Gasteiger partial charge on any atom is 0.226 e. The van der Waals surface area contributed by atoms with Gasteiger partial charge in [0.15, 0.2) is 0 Å². The molecule has 126 valence electrons. The van der Waals surface area contributed by atoms with Crippen molar-refractivity contribution in [2.75, 3.05) is 13.3 Å². The Balaban J connectivity index is 1.66. The lowest BCUT2D eigenvalue weighted by Crippen LogP contribution is -2.31. The zero-order valence-electron chi connectivity index (χ0n) is 14.2. The number of aromatic nitrogens is 1. The molecule has 1 heterocycles. The van der Waals surface area contributed by atoms with Gasteiger partial charge in [0.2, 0.25) is 5.91 Å². The second kappa shape index (κ2) is 6.85. The van der Waals surface area contributed by atoms with Gasteiger partial charge in [-0.05, 0) is 48.6 Å². The van der Waals surface area contributed by atoms with Gasteiger partial charge in [-0.2, -0.15) is 0 Å². The van der Waals surface area contributed by atoms with E-state index in [1.165, 1.54) is 0 Å². The van der Waals surface area contributed by atoms with Crippen LogP contribution in [0.1, 0.15) is 36.4 Å². The lowest BCUT2D eigenvalue weighted by Gasteiger charge is -2.26. The van der Waals surface area contributed by atoms with E-state index in [0.717, 1.165) is 22.4 Å². The Morgan fingerprint density at radius 2 is 2.00 bits per heavy atom. The molecule has 0 unspecified atom stereocenters. The summed E-state index contributed by atoms with van der Waals surface area (Å²) < 4.78 is 11.5. The first kappa shape index (κ1) is 16.8. The fourth-order valence-corrected chi connectivity index (χ4v) is 3.56. The monoisotopic (exact) mass is 342 g/mol. The molecule has 4 atom stereocenters. The maximum absolute atomic E-state index is 12.7. The van der Waals surface area contributed by atoms with Gasteiger partial charge in [-0.25, -0.2) is 0 Å². The van der Waals surface area contributed by atoms with Gasteiger partial charge in [0, 0.05) is 47.3 Å². The van der Waals surface area contributed by atoms with E-state index in [1.807, 2.05) is 61.5 Å². The molecule has 3 rings (SSSR count). The minimum atomic E-state index is -0.980. The van der Waals surface area contributed by atoms with E-state index in [4.69, 9.17) is 0 Å². The molecule has 1 aromatic heterocycles. The molecule has 0 radical (unpaired) electrons. The molecule has 1 aromatic carbocycles. The summed E-state index contributed by atoms with van der Waals surface area (Å²) in [6.45, 7) is 2.03. The zero-order chi connectivity index (χ0) is 17.3. The van der Waals surface area contributed by atoms with Crippen molar-refractivity contribution in [3.05, 3.63) is 59.9 Å². The van der Waals surface area contributed by atoms with Crippen molar-refractivity contribution in [1.82, 2.24) is 9.88 Å². The van der Waals surface area contributed by atoms with Gasteiger partial charge in [0.25, 0.3) is 0 Å². The molecule has 0 saturated heterocycles. The van der Waals surface area contributed by atoms with Crippen molar-refractivity contribution in [1.29, 1.82) is 0 Å². The van der Waals surface area contributed by atoms with Crippen LogP contribution in [0.15, 0.2) is 53.7 Å². The van der Waals surface area contributed by atoms with Crippen molar-refractivity contribution >= 4 is 16.7 Å². The third kappa shape index (κ3) is 3.41. The van der Waals surface area contributed by atoms with Crippen LogP contribution in [0, 0.1) is 5.92 Å². The number of hydrogen-bond donors (Lipinski definition) is 0. The highest BCUT2D eigenvalue weighted by molar-refractivity contribution is 7.84. The van der Waals surface area contributed by atoms with Crippen LogP contribution >= 0.6 is 0 Å². The number of nitrogens with zero attached hydrogens (tertiary/aromatic N) is 2. The van der Waals surface area contributed by atoms with Gasteiger partial charge in [-0.3, -0.25) is 14.0 Å². The fraction of sp³-hybridized carbons (Fsp3) is 0.368. The standard InChI is InChI=1S/C19H22N2O2S/c1-13(14-6-8-16(9-7-14)24(3)23)21(2)19(22)18-11-17(18)15-5-4-10-20-12-15/h4-10,12-13,17-18H,11H2,1-3H3/t13-,17+,18-,24-/m1/s1. The Labute approximate surface area is 145 Å². The largest absolute Gasteiger partial charge is 0.339 e. The molecule has 24 heavy (non-hydrogen) atoms. The molecule has 5 heteroatoms. The molecule has 1 amide bonds. The number of pyridine rings is 1. The molecular formula is C19H22N2O2S. The summed E-state index contributed by atoms with van der Waals surface area (Å²) in [6, 6.07) is 11.6. The van der Waals surface area contributed by atoms with E-state index in [9.17, 15) is 9.00 Å². The van der Waals surface area contributed by atoms with Crippen LogP contribution in [0.4, 0.5) is 0 Å². The SMILES string of the molecule is C[C@H](c1ccc([S@@](C)=O)cc1)N(C)C(=O)[C@@H]1C[C@H]1c1cccnc1. The molecule has 1 fully saturated rings. The van der Waals surface area contributed by atoms with Gasteiger partial charge in [-0.15, -0.1) is 0 Å². The van der Waals surface area contributed by atoms with Crippen LogP contribution in [0.25, 0.3) is 0 Å². The van der Waals surface area contributed by atoms with E-state index < -0.39 is 10.8 Å². The Morgan fingerprint density at radius 1 is 1.29 bits per heavy atom. The van der Waals surface area contributed by atoms with Crippen LogP contribution < -0.4 is 0 Å². The Hall–Kier alpha value is -2.01. The molecule has 1 saturated carbocycles. The summed E-state index contributed by atoms with van der Waals surface area (Å²) in [6.07, 6.45) is 6.17. The van der Waals surface area contributed by atoms with E-state index in [0.29, 0.717) is 5.92 Å². The van der Waals surface area contributed by atoms with E-state index >= 15 is 0 Å². The third-order valence-corrected chi connectivity index (χ3v) is 5.78. The summed E-state index contributed by atoms with van der Waals surface area (Å²) in [7, 11) is 0.879. The Kier molecular flexibility index (Phi) is 4.81. The van der Waals surface area contributed by atoms with Crippen molar-refractivity contribution in [3.8, 4) is 0 Å². The topological polar surface area (TPSA) is 50.3 Å². The van der Waals surface area contributed by atoms with Crippen LogP contribution in [-0.2, 0) is 15.6 Å². The third-order valence-electron chi connectivity index (χ3n) is 4.84. The number of carbonyl (C=O) groups excluding carboxylic acids is 1. The molecule has 0 bridgehead atoms. The van der Waals surface area contributed by atoms with Gasteiger partial charge in [0.05, 0.1) is 6.04 Å². The van der Waals surface area contributed by atoms with Gasteiger partial charge in [0.1, 0.15) is 0 Å². The van der Waals surface area contributed by atoms with Crippen molar-refractivity contribution < 1.29 is 9.00 Å². The zero-order valence-corrected chi connectivity index (χ0v) is 15.0. The first-order chi connectivity index (χ1) is 11.5. The summed E-state index contributed by atoms with van der Waals surface area (Å²) in [5.74, 6) is 0.536. The quantitative estimate of drug-likeness (QED) is 0.839. The second-order valence-corrected chi connectivity index (χ2v) is 7.76. The summed E-state index contributed by atoms with van der Waals surface area (Å²) in [5.41, 5.74) is 2.20. The van der Waals surface area contributed by atoms with E-state index in [-0.39, 0.29) is 17.9 Å². The highest BCUT2D eigenvalue weighted by atomic mass is 32.2. The molecule has 0 N–H and O–H groups in total. The van der Waals surface area contributed by atoms with Crippen LogP contribution in [-0.4, -0.2) is 33.3 Å². The fourth-order valence-electron chi connectivity index (χ4n) is 3.05. The lowest BCUT2D eigenvalue weighted by atomic mass is 10.1. The number of hydrogen-bond acceptors (Lipinski definition) is 3. The van der Waals surface area contributed by atoms with Gasteiger partial charge >= 0.3 is 0 Å². The van der Waals surface area contributed by atoms with Crippen molar-refractivity contribution in [3.63, 3.8) is 0 Å². The minimum absolute atomic E-state index is 0.00742. The van der Waals surface area contributed by atoms with E-state index in [1.54, 1.807) is 12.5 Å². The highest BCUT2D eigenvalue weighted by Crippen LogP contribution is 2.48. The first-order valence-corrected chi connectivity index (χ1v) is 9.65. The number of rotatable bonds is 5. The number of carbonyl (C=O) groups is 1. The van der Waals surface area contributed by atoms with Crippen LogP contribution in [0.2, 0.25) is 0 Å². The lowest BCUT2D eigenvalue weighted by molar-refractivity contribution is -0.133. The van der Waals surface area contributed by atoms with Crippen LogP contribution in [0.5, 0.6) is 0 Å². The first-order valence-electron chi connectivity index (χ1n) is 8.09. The Bertz CT molecular complexity index is 746. The maximum atomic E-state index is 12.7. The second-order valence-electron chi connectivity index (χ2n) is 6.38. The smallest absolute Gasteiger partial charge is 0.226 e. The summed E-state index contributed by atoms with van der Waals surface area (Å²) in [5, 5.41) is 0. The van der Waals surface area contributed by atoms with Crippen LogP contribution in [0.3, 0.4) is 0 Å². The van der Waals surface area contributed by atoms with E-state index in [2.05, 4.69) is 4.98 Å². The van der Waals surface area contributed by atoms with Crippen molar-refractivity contribution in [2.24, 2.45) is 5.92 Å². The molecule has 4 nitrogen and oxygen atoms in total. The Morgan fingerprint density at radius 3 is 2.58 bits per heavy atom. The van der Waals surface area contributed by atoms with Crippen molar-refractivity contribution in [2.45, 2.75) is 30.2 Å². The molecule has 2 aromatic rings. The highest BCUT2D eigenvalue weighted by Gasteiger charge is 2.45. The predicted octanol–water partition coefficient (Wildman–Crippen LogP) is 3.14. The van der Waals surface area contributed by atoms with Gasteiger partial charge < -0.3 is 4.90 Å². The number of amides is 1. The predicted molar refractivity (Wildman–Crippen MR) is 95.0 cm³/mol. The summed E-state index contributed by atoms with van der Waals surface area (Å²) >= 11 is 0. The molecule has 1 aliphatic rings.